The van der Waals surface area contributed by atoms with Gasteiger partial charge in [-0.25, -0.2) is 8.78 Å². The smallest absolute Gasteiger partial charge is 0.248 e. The molecular formula is C12H20F2N2O. The Balaban J connectivity index is 1.90. The molecule has 5 heteroatoms. The second-order valence-electron chi connectivity index (χ2n) is 5.07. The Morgan fingerprint density at radius 2 is 1.94 bits per heavy atom. The number of carbonyl (C=O) groups is 1. The number of carbonyl (C=O) groups excluding carboxylic acids is 1. The minimum Gasteiger partial charge on any atom is -0.337 e. The fraction of sp³-hybridized carbons (Fsp3) is 0.917. The minimum atomic E-state index is -2.55. The topological polar surface area (TPSA) is 32.3 Å². The number of nitrogens with one attached hydrogen (secondary N) is 1. The zero-order chi connectivity index (χ0) is 12.5. The van der Waals surface area contributed by atoms with Gasteiger partial charge in [0.25, 0.3) is 0 Å². The molecule has 1 saturated heterocycles. The fourth-order valence-corrected chi connectivity index (χ4v) is 2.61. The maximum absolute atomic E-state index is 13.0. The van der Waals surface area contributed by atoms with Crippen molar-refractivity contribution < 1.29 is 13.6 Å². The highest BCUT2D eigenvalue weighted by Crippen LogP contribution is 2.37. The zero-order valence-corrected chi connectivity index (χ0v) is 10.2. The molecule has 0 radical (unpaired) electrons. The van der Waals surface area contributed by atoms with Crippen molar-refractivity contribution in [3.8, 4) is 0 Å². The average molecular weight is 246 g/mol. The van der Waals surface area contributed by atoms with Crippen molar-refractivity contribution in [2.75, 3.05) is 19.6 Å². The van der Waals surface area contributed by atoms with Crippen molar-refractivity contribution in [1.82, 2.24) is 10.2 Å². The molecule has 1 aliphatic carbocycles. The summed E-state index contributed by atoms with van der Waals surface area (Å²) in [5, 5.41) is 3.13. The Hall–Kier alpha value is -0.710. The first kappa shape index (κ1) is 12.7. The number of nitrogens with zero attached hydrogens (tertiary/aromatic N) is 1. The zero-order valence-electron chi connectivity index (χ0n) is 10.2. The molecule has 2 rings (SSSR count). The quantitative estimate of drug-likeness (QED) is 0.821. The van der Waals surface area contributed by atoms with Gasteiger partial charge in [-0.3, -0.25) is 4.79 Å². The van der Waals surface area contributed by atoms with Crippen molar-refractivity contribution in [3.05, 3.63) is 0 Å². The van der Waals surface area contributed by atoms with Crippen LogP contribution < -0.4 is 5.32 Å². The van der Waals surface area contributed by atoms with E-state index in [9.17, 15) is 13.6 Å². The molecule has 98 valence electrons. The molecule has 3 nitrogen and oxygen atoms in total. The average Bonchev–Trinajstić information content (AvgIpc) is 2.22. The SMILES string of the molecule is CCN(C(=O)C1CCC(F)(F)CC1)C1CNC1. The minimum absolute atomic E-state index is 0.0782. The number of hydrogen-bond donors (Lipinski definition) is 1. The van der Waals surface area contributed by atoms with E-state index in [1.54, 1.807) is 0 Å². The number of rotatable bonds is 3. The Labute approximate surface area is 101 Å². The van der Waals surface area contributed by atoms with Gasteiger partial charge in [-0.1, -0.05) is 0 Å². The van der Waals surface area contributed by atoms with E-state index in [1.807, 2.05) is 11.8 Å². The van der Waals surface area contributed by atoms with Gasteiger partial charge in [0.2, 0.25) is 11.8 Å². The van der Waals surface area contributed by atoms with Crippen molar-refractivity contribution in [2.45, 2.75) is 44.6 Å². The van der Waals surface area contributed by atoms with Crippen LogP contribution in [0.15, 0.2) is 0 Å². The monoisotopic (exact) mass is 246 g/mol. The van der Waals surface area contributed by atoms with Crippen LogP contribution in [0.1, 0.15) is 32.6 Å². The van der Waals surface area contributed by atoms with Gasteiger partial charge < -0.3 is 10.2 Å². The molecule has 1 N–H and O–H groups in total. The number of likely N-dealkylation sites (N-methyl/N-ethyl adjacent to an activating group) is 1. The maximum atomic E-state index is 13.0. The summed E-state index contributed by atoms with van der Waals surface area (Å²) in [6, 6.07) is 0.273. The van der Waals surface area contributed by atoms with Gasteiger partial charge in [0, 0.05) is 38.4 Å². The number of amides is 1. The molecule has 2 aliphatic rings. The summed E-state index contributed by atoms with van der Waals surface area (Å²) in [4.78, 5) is 14.1. The Kier molecular flexibility index (Phi) is 3.66. The predicted molar refractivity (Wildman–Crippen MR) is 60.9 cm³/mol. The van der Waals surface area contributed by atoms with E-state index in [1.165, 1.54) is 0 Å². The molecule has 0 atom stereocenters. The van der Waals surface area contributed by atoms with E-state index < -0.39 is 5.92 Å². The van der Waals surface area contributed by atoms with Crippen LogP contribution in [0.3, 0.4) is 0 Å². The van der Waals surface area contributed by atoms with Crippen molar-refractivity contribution in [1.29, 1.82) is 0 Å². The van der Waals surface area contributed by atoms with E-state index in [4.69, 9.17) is 0 Å². The second-order valence-corrected chi connectivity index (χ2v) is 5.07. The first-order chi connectivity index (χ1) is 8.03. The lowest BCUT2D eigenvalue weighted by Crippen LogP contribution is -2.60. The highest BCUT2D eigenvalue weighted by atomic mass is 19.3. The van der Waals surface area contributed by atoms with Crippen LogP contribution in [0.25, 0.3) is 0 Å². The number of hydrogen-bond acceptors (Lipinski definition) is 2. The highest BCUT2D eigenvalue weighted by molar-refractivity contribution is 5.79. The van der Waals surface area contributed by atoms with E-state index >= 15 is 0 Å². The summed E-state index contributed by atoms with van der Waals surface area (Å²) in [5.41, 5.74) is 0. The highest BCUT2D eigenvalue weighted by Gasteiger charge is 2.40. The van der Waals surface area contributed by atoms with E-state index in [2.05, 4.69) is 5.32 Å². The summed E-state index contributed by atoms with van der Waals surface area (Å²) in [5.74, 6) is -2.66. The van der Waals surface area contributed by atoms with Gasteiger partial charge in [-0.05, 0) is 19.8 Å². The summed E-state index contributed by atoms with van der Waals surface area (Å²) < 4.78 is 26.1. The number of alkyl halides is 2. The molecule has 0 spiro atoms. The predicted octanol–water partition coefficient (Wildman–Crippen LogP) is 1.63. The van der Waals surface area contributed by atoms with E-state index in [0.29, 0.717) is 19.4 Å². The number of halogens is 2. The van der Waals surface area contributed by atoms with Gasteiger partial charge in [-0.2, -0.15) is 0 Å². The normalized spacial score (nSPS) is 25.4. The van der Waals surface area contributed by atoms with Crippen LogP contribution >= 0.6 is 0 Å². The van der Waals surface area contributed by atoms with Crippen LogP contribution in [0.4, 0.5) is 8.78 Å². The van der Waals surface area contributed by atoms with Crippen molar-refractivity contribution in [2.24, 2.45) is 5.92 Å². The largest absolute Gasteiger partial charge is 0.337 e. The van der Waals surface area contributed by atoms with Gasteiger partial charge in [-0.15, -0.1) is 0 Å². The molecule has 1 heterocycles. The molecule has 1 saturated carbocycles. The molecule has 0 unspecified atom stereocenters. The second kappa shape index (κ2) is 4.88. The fourth-order valence-electron chi connectivity index (χ4n) is 2.61. The third-order valence-corrected chi connectivity index (χ3v) is 3.89. The molecule has 2 fully saturated rings. The summed E-state index contributed by atoms with van der Waals surface area (Å²) in [6.45, 7) is 4.30. The summed E-state index contributed by atoms with van der Waals surface area (Å²) in [6.07, 6.45) is 0.402. The molecule has 0 aromatic carbocycles. The van der Waals surface area contributed by atoms with Gasteiger partial charge in [0.05, 0.1) is 6.04 Å². The first-order valence-corrected chi connectivity index (χ1v) is 6.42. The van der Waals surface area contributed by atoms with Gasteiger partial charge in [0.1, 0.15) is 0 Å². The molecule has 1 amide bonds. The standard InChI is InChI=1S/C12H20F2N2O/c1-2-16(10-7-15-8-10)11(17)9-3-5-12(13,14)6-4-9/h9-10,15H,2-8H2,1H3. The molecule has 1 aliphatic heterocycles. The lowest BCUT2D eigenvalue weighted by atomic mass is 9.85. The molecule has 0 aromatic rings. The van der Waals surface area contributed by atoms with E-state index in [-0.39, 0.29) is 30.7 Å². The third kappa shape index (κ3) is 2.76. The molecular weight excluding hydrogens is 226 g/mol. The molecule has 0 aromatic heterocycles. The van der Waals surface area contributed by atoms with Crippen LogP contribution in [0.5, 0.6) is 0 Å². The van der Waals surface area contributed by atoms with Gasteiger partial charge >= 0.3 is 0 Å². The van der Waals surface area contributed by atoms with Crippen LogP contribution in [0.2, 0.25) is 0 Å². The van der Waals surface area contributed by atoms with E-state index in [0.717, 1.165) is 13.1 Å². The molecule has 0 bridgehead atoms. The molecule has 17 heavy (non-hydrogen) atoms. The van der Waals surface area contributed by atoms with Crippen LogP contribution in [-0.4, -0.2) is 42.4 Å². The lowest BCUT2D eigenvalue weighted by molar-refractivity contribution is -0.142. The Bertz CT molecular complexity index is 282. The first-order valence-electron chi connectivity index (χ1n) is 6.42. The Morgan fingerprint density at radius 1 is 1.35 bits per heavy atom. The lowest BCUT2D eigenvalue weighted by Gasteiger charge is -2.40. The van der Waals surface area contributed by atoms with Crippen molar-refractivity contribution >= 4 is 5.91 Å². The maximum Gasteiger partial charge on any atom is 0.248 e. The van der Waals surface area contributed by atoms with Crippen molar-refractivity contribution in [3.63, 3.8) is 0 Å². The Morgan fingerprint density at radius 3 is 2.35 bits per heavy atom. The van der Waals surface area contributed by atoms with Crippen LogP contribution in [0, 0.1) is 5.92 Å². The summed E-state index contributed by atoms with van der Waals surface area (Å²) >= 11 is 0. The summed E-state index contributed by atoms with van der Waals surface area (Å²) in [7, 11) is 0. The van der Waals surface area contributed by atoms with Gasteiger partial charge in [0.15, 0.2) is 0 Å². The third-order valence-electron chi connectivity index (χ3n) is 3.89. The van der Waals surface area contributed by atoms with Crippen LogP contribution in [-0.2, 0) is 4.79 Å².